The molecule has 0 aromatic heterocycles. The molecule has 0 saturated heterocycles. The van der Waals surface area contributed by atoms with Crippen LogP contribution in [-0.2, 0) is 0 Å². The van der Waals surface area contributed by atoms with Gasteiger partial charge in [0.1, 0.15) is 0 Å². The normalized spacial score (nSPS) is 11.0. The quantitative estimate of drug-likeness (QED) is 0.392. The minimum absolute atomic E-state index is 0.514. The van der Waals surface area contributed by atoms with Gasteiger partial charge in [-0.15, -0.1) is 0 Å². The van der Waals surface area contributed by atoms with Gasteiger partial charge in [0.25, 0.3) is 0 Å². The molecule has 0 atom stereocenters. The van der Waals surface area contributed by atoms with E-state index in [0.717, 1.165) is 32.6 Å². The molecule has 0 radical (unpaired) electrons. The summed E-state index contributed by atoms with van der Waals surface area (Å²) in [5, 5.41) is 9.38. The Labute approximate surface area is 96.9 Å². The van der Waals surface area contributed by atoms with Crippen LogP contribution in [0.5, 0.6) is 0 Å². The van der Waals surface area contributed by atoms with Crippen LogP contribution < -0.4 is 0 Å². The predicted molar refractivity (Wildman–Crippen MR) is 68.1 cm³/mol. The number of hydrogen-bond donors (Lipinski definition) is 1. The molecule has 0 aliphatic rings. The zero-order valence-electron chi connectivity index (χ0n) is 9.67. The summed E-state index contributed by atoms with van der Waals surface area (Å²) in [5.74, 6) is 0. The van der Waals surface area contributed by atoms with Crippen molar-refractivity contribution in [2.75, 3.05) is 0 Å². The summed E-state index contributed by atoms with van der Waals surface area (Å²) in [5.41, 5.74) is 0. The first-order chi connectivity index (χ1) is 7.13. The molecular formula is C12H22O2Sn. The van der Waals surface area contributed by atoms with Gasteiger partial charge in [0.15, 0.2) is 0 Å². The number of rotatable bonds is 9. The third kappa shape index (κ3) is 4.87. The van der Waals surface area contributed by atoms with E-state index in [0.29, 0.717) is 0 Å². The molecule has 0 saturated carbocycles. The molecule has 0 heterocycles. The van der Waals surface area contributed by atoms with E-state index >= 15 is 0 Å². The van der Waals surface area contributed by atoms with Crippen LogP contribution >= 0.6 is 0 Å². The Kier molecular flexibility index (Phi) is 7.83. The molecule has 2 nitrogen and oxygen atoms in total. The molecule has 0 bridgehead atoms. The third-order valence-corrected chi connectivity index (χ3v) is 15.2. The second-order valence-electron chi connectivity index (χ2n) is 4.03. The average Bonchev–Trinajstić information content (AvgIpc) is 2.18. The fourth-order valence-corrected chi connectivity index (χ4v) is 10.9. The Morgan fingerprint density at radius 2 is 1.80 bits per heavy atom. The Morgan fingerprint density at radius 1 is 1.27 bits per heavy atom. The van der Waals surface area contributed by atoms with Crippen molar-refractivity contribution in [3.63, 3.8) is 0 Å². The molecule has 0 spiro atoms. The summed E-state index contributed by atoms with van der Waals surface area (Å²) in [4.78, 5) is 11.4. The van der Waals surface area contributed by atoms with E-state index in [4.69, 9.17) is 0 Å². The second kappa shape index (κ2) is 7.97. The summed E-state index contributed by atoms with van der Waals surface area (Å²) in [6, 6.07) is 0. The zero-order valence-corrected chi connectivity index (χ0v) is 12.5. The average molecular weight is 317 g/mol. The Hall–Kier alpha value is -0.251. The first-order valence-corrected chi connectivity index (χ1v) is 13.1. The maximum absolute atomic E-state index is 11.4. The van der Waals surface area contributed by atoms with E-state index < -0.39 is 22.4 Å². The van der Waals surface area contributed by atoms with Crippen LogP contribution in [0.2, 0.25) is 13.3 Å². The fraction of sp³-hybridized carbons (Fsp3) is 0.583. The Morgan fingerprint density at radius 3 is 2.13 bits per heavy atom. The van der Waals surface area contributed by atoms with Crippen LogP contribution in [0.4, 0.5) is 4.79 Å². The van der Waals surface area contributed by atoms with Crippen molar-refractivity contribution in [1.29, 1.82) is 0 Å². The van der Waals surface area contributed by atoms with E-state index in [1.807, 2.05) is 0 Å². The number of carbonyl (C=O) groups is 1. The van der Waals surface area contributed by atoms with E-state index in [2.05, 4.69) is 20.1 Å². The molecule has 0 amide bonds. The summed E-state index contributed by atoms with van der Waals surface area (Å²) in [6.07, 6.45) is 6.92. The van der Waals surface area contributed by atoms with Crippen LogP contribution in [-0.4, -0.2) is 27.5 Å². The van der Waals surface area contributed by atoms with Gasteiger partial charge in [0.05, 0.1) is 0 Å². The van der Waals surface area contributed by atoms with E-state index in [1.165, 1.54) is 0 Å². The first-order valence-electron chi connectivity index (χ1n) is 5.58. The van der Waals surface area contributed by atoms with Crippen molar-refractivity contribution in [3.05, 3.63) is 25.3 Å². The van der Waals surface area contributed by atoms with Gasteiger partial charge in [0.2, 0.25) is 0 Å². The summed E-state index contributed by atoms with van der Waals surface area (Å²) in [7, 11) is 0. The summed E-state index contributed by atoms with van der Waals surface area (Å²) < 4.78 is 1.88. The Balaban J connectivity index is 4.53. The molecule has 0 unspecified atom stereocenters. The van der Waals surface area contributed by atoms with Gasteiger partial charge in [-0.2, -0.15) is 0 Å². The molecule has 0 rings (SSSR count). The number of allylic oxidation sites excluding steroid dienone is 2. The van der Waals surface area contributed by atoms with E-state index in [-0.39, 0.29) is 0 Å². The van der Waals surface area contributed by atoms with Gasteiger partial charge in [-0.1, -0.05) is 0 Å². The van der Waals surface area contributed by atoms with Crippen molar-refractivity contribution in [1.82, 2.24) is 0 Å². The molecule has 0 aliphatic heterocycles. The Bertz CT molecular complexity index is 214. The molecule has 0 aromatic carbocycles. The van der Waals surface area contributed by atoms with Crippen molar-refractivity contribution >= 4 is 22.4 Å². The van der Waals surface area contributed by atoms with Gasteiger partial charge >= 0.3 is 97.1 Å². The van der Waals surface area contributed by atoms with Crippen molar-refractivity contribution in [3.8, 4) is 0 Å². The summed E-state index contributed by atoms with van der Waals surface area (Å²) in [6.45, 7) is 9.52. The van der Waals surface area contributed by atoms with Crippen LogP contribution in [0.3, 0.4) is 0 Å². The van der Waals surface area contributed by atoms with E-state index in [1.54, 1.807) is 12.2 Å². The zero-order chi connectivity index (χ0) is 11.7. The molecule has 15 heavy (non-hydrogen) atoms. The van der Waals surface area contributed by atoms with Gasteiger partial charge in [-0.3, -0.25) is 0 Å². The van der Waals surface area contributed by atoms with Crippen molar-refractivity contribution < 1.29 is 9.90 Å². The van der Waals surface area contributed by atoms with Crippen LogP contribution in [0, 0.1) is 0 Å². The van der Waals surface area contributed by atoms with Crippen LogP contribution in [0.25, 0.3) is 0 Å². The fourth-order valence-electron chi connectivity index (χ4n) is 1.83. The standard InChI is InChI=1S/C5H11.2C3H5.CHO2.Sn/c1-3-5-4-2;2*1-3-2;2-1-3;/h1,3-5H2,2H3;2*3H,1-2H2;(H,2,3);. The van der Waals surface area contributed by atoms with Gasteiger partial charge in [-0.25, -0.2) is 0 Å². The molecule has 3 heteroatoms. The molecule has 86 valence electrons. The SMILES string of the molecule is C=C[CH2][Sn]([CH2]C=C)([CH2]CCCC)[C](=O)O. The molecule has 1 N–H and O–H groups in total. The van der Waals surface area contributed by atoms with E-state index in [9.17, 15) is 9.90 Å². The predicted octanol–water partition coefficient (Wildman–Crippen LogP) is 4.26. The molecular weight excluding hydrogens is 295 g/mol. The number of unbranched alkanes of at least 4 members (excludes halogenated alkanes) is 2. The number of carboxylic acid groups (broad SMARTS) is 1. The summed E-state index contributed by atoms with van der Waals surface area (Å²) >= 11 is -3.03. The van der Waals surface area contributed by atoms with Crippen LogP contribution in [0.1, 0.15) is 26.2 Å². The van der Waals surface area contributed by atoms with Crippen LogP contribution in [0.15, 0.2) is 25.3 Å². The first kappa shape index (κ1) is 14.7. The minimum atomic E-state index is -3.03. The second-order valence-corrected chi connectivity index (χ2v) is 16.3. The molecule has 0 fully saturated rings. The monoisotopic (exact) mass is 318 g/mol. The maximum atomic E-state index is 11.4. The van der Waals surface area contributed by atoms with Crippen molar-refractivity contribution in [2.45, 2.75) is 39.5 Å². The number of hydrogen-bond acceptors (Lipinski definition) is 1. The third-order valence-electron chi connectivity index (χ3n) is 2.78. The van der Waals surface area contributed by atoms with Gasteiger partial charge < -0.3 is 0 Å². The van der Waals surface area contributed by atoms with Crippen molar-refractivity contribution in [2.24, 2.45) is 0 Å². The topological polar surface area (TPSA) is 37.3 Å². The molecule has 0 aromatic rings. The van der Waals surface area contributed by atoms with Gasteiger partial charge in [-0.05, 0) is 0 Å². The molecule has 0 aliphatic carbocycles. The van der Waals surface area contributed by atoms with Gasteiger partial charge in [0, 0.05) is 0 Å².